The van der Waals surface area contributed by atoms with Gasteiger partial charge in [0.1, 0.15) is 0 Å². The van der Waals surface area contributed by atoms with Crippen LogP contribution in [0.25, 0.3) is 22.6 Å². The van der Waals surface area contributed by atoms with E-state index in [1.807, 2.05) is 36.4 Å². The molecule has 0 saturated heterocycles. The molecule has 92 valence electrons. The lowest BCUT2D eigenvalue weighted by molar-refractivity contribution is 0.580. The van der Waals surface area contributed by atoms with Crippen LogP contribution in [0, 0.1) is 6.92 Å². The first kappa shape index (κ1) is 11.7. The quantitative estimate of drug-likeness (QED) is 0.566. The molecule has 0 aliphatic rings. The van der Waals surface area contributed by atoms with Crippen molar-refractivity contribution < 1.29 is 4.42 Å². The summed E-state index contributed by atoms with van der Waals surface area (Å²) >= 11 is 0. The number of rotatable bonds is 2. The smallest absolute Gasteiger partial charge is 0.207 e. The zero-order chi connectivity index (χ0) is 13.1. The highest BCUT2D eigenvalue weighted by molar-refractivity contribution is 5.63. The second-order valence-electron chi connectivity index (χ2n) is 4.60. The Balaban J connectivity index is 2.12. The molecule has 0 radical (unpaired) electrons. The van der Waals surface area contributed by atoms with Crippen LogP contribution in [-0.4, -0.2) is 0 Å². The van der Waals surface area contributed by atoms with Gasteiger partial charge in [-0.25, -0.2) is 4.42 Å². The van der Waals surface area contributed by atoms with Crippen molar-refractivity contribution >= 4 is 0 Å². The van der Waals surface area contributed by atoms with Gasteiger partial charge in [-0.3, -0.25) is 0 Å². The van der Waals surface area contributed by atoms with Gasteiger partial charge in [-0.2, -0.15) is 0 Å². The number of hydrogen-bond acceptors (Lipinski definition) is 0. The van der Waals surface area contributed by atoms with Gasteiger partial charge in [0.2, 0.25) is 0 Å². The maximum absolute atomic E-state index is 6.03. The van der Waals surface area contributed by atoms with E-state index in [-0.39, 0.29) is 0 Å². The highest BCUT2D eigenvalue weighted by Gasteiger charge is 2.17. The maximum atomic E-state index is 6.03. The van der Waals surface area contributed by atoms with E-state index in [1.54, 1.807) is 0 Å². The van der Waals surface area contributed by atoms with Gasteiger partial charge in [-0.15, -0.1) is 0 Å². The second-order valence-corrected chi connectivity index (χ2v) is 4.60. The van der Waals surface area contributed by atoms with Crippen LogP contribution in [0.1, 0.15) is 5.56 Å². The molecule has 0 amide bonds. The van der Waals surface area contributed by atoms with Crippen LogP contribution in [0.15, 0.2) is 77.2 Å². The van der Waals surface area contributed by atoms with Gasteiger partial charge >= 0.3 is 11.5 Å². The van der Waals surface area contributed by atoms with Gasteiger partial charge in [-0.05, 0) is 36.8 Å². The van der Waals surface area contributed by atoms with Crippen LogP contribution in [0.2, 0.25) is 0 Å². The molecule has 19 heavy (non-hydrogen) atoms. The molecule has 1 heteroatoms. The summed E-state index contributed by atoms with van der Waals surface area (Å²) in [5.74, 6) is 1.80. The Kier molecular flexibility index (Phi) is 3.11. The average Bonchev–Trinajstić information content (AvgIpc) is 2.48. The molecular formula is C18H15O+. The fourth-order valence-electron chi connectivity index (χ4n) is 2.12. The van der Waals surface area contributed by atoms with Gasteiger partial charge in [0, 0.05) is 12.1 Å². The number of benzene rings is 2. The lowest BCUT2D eigenvalue weighted by Gasteiger charge is -1.96. The van der Waals surface area contributed by atoms with Crippen molar-refractivity contribution in [3.05, 3.63) is 78.4 Å². The molecule has 3 rings (SSSR count). The topological polar surface area (TPSA) is 11.3 Å². The first-order valence-electron chi connectivity index (χ1n) is 6.38. The van der Waals surface area contributed by atoms with E-state index in [0.717, 1.165) is 22.6 Å². The molecule has 0 fully saturated rings. The van der Waals surface area contributed by atoms with Crippen LogP contribution in [0.3, 0.4) is 0 Å². The van der Waals surface area contributed by atoms with Gasteiger partial charge in [0.05, 0.1) is 11.1 Å². The van der Waals surface area contributed by atoms with Gasteiger partial charge in [0.25, 0.3) is 0 Å². The fraction of sp³-hybridized carbons (Fsp3) is 0.0556. The summed E-state index contributed by atoms with van der Waals surface area (Å²) in [6.07, 6.45) is 0. The molecule has 0 saturated carbocycles. The average molecular weight is 247 g/mol. The second kappa shape index (κ2) is 5.07. The molecular weight excluding hydrogens is 232 g/mol. The van der Waals surface area contributed by atoms with Crippen LogP contribution in [0.4, 0.5) is 0 Å². The third-order valence-corrected chi connectivity index (χ3v) is 3.05. The zero-order valence-corrected chi connectivity index (χ0v) is 10.8. The number of hydrogen-bond donors (Lipinski definition) is 0. The largest absolute Gasteiger partial charge is 0.361 e. The van der Waals surface area contributed by atoms with Crippen molar-refractivity contribution in [3.63, 3.8) is 0 Å². The predicted octanol–water partition coefficient (Wildman–Crippen LogP) is 5.20. The summed E-state index contributed by atoms with van der Waals surface area (Å²) in [5.41, 5.74) is 3.40. The standard InChI is InChI=1S/C18H15O/c1-14-12-17(15-8-4-2-5-9-15)19-18(13-14)16-10-6-3-7-11-16/h2-13H,1H3/q+1. The third kappa shape index (κ3) is 2.55. The predicted molar refractivity (Wildman–Crippen MR) is 78.7 cm³/mol. The lowest BCUT2D eigenvalue weighted by atomic mass is 10.1. The van der Waals surface area contributed by atoms with Gasteiger partial charge in [0.15, 0.2) is 0 Å². The summed E-state index contributed by atoms with van der Waals surface area (Å²) in [7, 11) is 0. The molecule has 0 aliphatic heterocycles. The van der Waals surface area contributed by atoms with E-state index in [4.69, 9.17) is 4.42 Å². The molecule has 0 atom stereocenters. The fourth-order valence-corrected chi connectivity index (χ4v) is 2.12. The molecule has 0 unspecified atom stereocenters. The normalized spacial score (nSPS) is 10.4. The Bertz CT molecular complexity index is 615. The Morgan fingerprint density at radius 2 is 1.05 bits per heavy atom. The first-order chi connectivity index (χ1) is 9.33. The minimum atomic E-state index is 0.902. The molecule has 0 spiro atoms. The third-order valence-electron chi connectivity index (χ3n) is 3.05. The summed E-state index contributed by atoms with van der Waals surface area (Å²) in [4.78, 5) is 0. The van der Waals surface area contributed by atoms with Crippen molar-refractivity contribution in [2.75, 3.05) is 0 Å². The lowest BCUT2D eigenvalue weighted by Crippen LogP contribution is -1.84. The van der Waals surface area contributed by atoms with Crippen molar-refractivity contribution in [1.29, 1.82) is 0 Å². The molecule has 0 N–H and O–H groups in total. The highest BCUT2D eigenvalue weighted by atomic mass is 16.3. The van der Waals surface area contributed by atoms with Gasteiger partial charge in [-0.1, -0.05) is 36.4 Å². The minimum absolute atomic E-state index is 0.902. The maximum Gasteiger partial charge on any atom is 0.361 e. The Morgan fingerprint density at radius 3 is 1.47 bits per heavy atom. The Labute approximate surface area is 113 Å². The molecule has 2 aromatic carbocycles. The monoisotopic (exact) mass is 247 g/mol. The molecule has 1 heterocycles. The molecule has 0 bridgehead atoms. The van der Waals surface area contributed by atoms with Crippen LogP contribution >= 0.6 is 0 Å². The van der Waals surface area contributed by atoms with E-state index in [2.05, 4.69) is 43.3 Å². The summed E-state index contributed by atoms with van der Waals surface area (Å²) in [5, 5.41) is 0. The summed E-state index contributed by atoms with van der Waals surface area (Å²) in [6, 6.07) is 24.5. The van der Waals surface area contributed by atoms with E-state index >= 15 is 0 Å². The van der Waals surface area contributed by atoms with Crippen molar-refractivity contribution in [2.24, 2.45) is 0 Å². The number of aryl methyl sites for hydroxylation is 1. The molecule has 1 aromatic heterocycles. The molecule has 0 aliphatic carbocycles. The summed E-state index contributed by atoms with van der Waals surface area (Å²) in [6.45, 7) is 2.09. The van der Waals surface area contributed by atoms with E-state index in [0.29, 0.717) is 0 Å². The molecule has 1 nitrogen and oxygen atoms in total. The Morgan fingerprint density at radius 1 is 0.632 bits per heavy atom. The van der Waals surface area contributed by atoms with Crippen LogP contribution in [0.5, 0.6) is 0 Å². The van der Waals surface area contributed by atoms with E-state index < -0.39 is 0 Å². The van der Waals surface area contributed by atoms with Crippen molar-refractivity contribution in [1.82, 2.24) is 0 Å². The SMILES string of the molecule is Cc1cc(-c2ccccc2)[o+]c(-c2ccccc2)c1. The van der Waals surface area contributed by atoms with Crippen molar-refractivity contribution in [3.8, 4) is 22.6 Å². The van der Waals surface area contributed by atoms with Crippen LogP contribution < -0.4 is 0 Å². The minimum Gasteiger partial charge on any atom is -0.207 e. The van der Waals surface area contributed by atoms with E-state index in [9.17, 15) is 0 Å². The van der Waals surface area contributed by atoms with Gasteiger partial charge < -0.3 is 0 Å². The van der Waals surface area contributed by atoms with Crippen molar-refractivity contribution in [2.45, 2.75) is 6.92 Å². The highest BCUT2D eigenvalue weighted by Crippen LogP contribution is 2.27. The van der Waals surface area contributed by atoms with E-state index in [1.165, 1.54) is 5.56 Å². The Hall–Kier alpha value is -2.41. The zero-order valence-electron chi connectivity index (χ0n) is 10.8. The summed E-state index contributed by atoms with van der Waals surface area (Å²) < 4.78 is 6.03. The first-order valence-corrected chi connectivity index (χ1v) is 6.38. The molecule has 3 aromatic rings. The van der Waals surface area contributed by atoms with Crippen LogP contribution in [-0.2, 0) is 0 Å².